The monoisotopic (exact) mass is 472 g/mol. The van der Waals surface area contributed by atoms with Crippen molar-refractivity contribution in [1.82, 2.24) is 0 Å². The van der Waals surface area contributed by atoms with Gasteiger partial charge in [0.15, 0.2) is 5.78 Å². The van der Waals surface area contributed by atoms with Gasteiger partial charge in [0.2, 0.25) is 5.91 Å². The Morgan fingerprint density at radius 1 is 1.00 bits per heavy atom. The molecular formula is C28H25ClN2O3. The van der Waals surface area contributed by atoms with Crippen molar-refractivity contribution in [3.05, 3.63) is 100 Å². The van der Waals surface area contributed by atoms with Gasteiger partial charge in [0.25, 0.3) is 0 Å². The molecule has 0 saturated heterocycles. The van der Waals surface area contributed by atoms with Crippen molar-refractivity contribution in [2.24, 2.45) is 0 Å². The fraction of sp³-hybridized carbons (Fsp3) is 0.214. The second-order valence-corrected chi connectivity index (χ2v) is 9.06. The van der Waals surface area contributed by atoms with E-state index in [1.807, 2.05) is 66.7 Å². The predicted molar refractivity (Wildman–Crippen MR) is 134 cm³/mol. The topological polar surface area (TPSA) is 58.6 Å². The summed E-state index contributed by atoms with van der Waals surface area (Å²) in [5, 5.41) is 4.04. The number of para-hydroxylation sites is 2. The number of benzene rings is 3. The van der Waals surface area contributed by atoms with Crippen molar-refractivity contribution in [3.63, 3.8) is 0 Å². The number of nitrogens with one attached hydrogen (secondary N) is 1. The molecule has 1 aliphatic carbocycles. The summed E-state index contributed by atoms with van der Waals surface area (Å²) in [6.07, 6.45) is 1.00. The number of methoxy groups -OCH3 is 1. The van der Waals surface area contributed by atoms with E-state index >= 15 is 0 Å². The van der Waals surface area contributed by atoms with E-state index in [-0.39, 0.29) is 17.6 Å². The third kappa shape index (κ3) is 3.86. The Morgan fingerprint density at radius 3 is 2.41 bits per heavy atom. The summed E-state index contributed by atoms with van der Waals surface area (Å²) in [5.74, 6) is 0.660. The van der Waals surface area contributed by atoms with Crippen molar-refractivity contribution in [3.8, 4) is 5.75 Å². The quantitative estimate of drug-likeness (QED) is 0.488. The van der Waals surface area contributed by atoms with Crippen molar-refractivity contribution in [2.45, 2.75) is 31.7 Å². The summed E-state index contributed by atoms with van der Waals surface area (Å²) >= 11 is 6.64. The highest BCUT2D eigenvalue weighted by Gasteiger charge is 2.41. The summed E-state index contributed by atoms with van der Waals surface area (Å²) in [6.45, 7) is 1.53. The van der Waals surface area contributed by atoms with E-state index in [4.69, 9.17) is 16.3 Å². The fourth-order valence-electron chi connectivity index (χ4n) is 5.04. The molecule has 0 radical (unpaired) electrons. The van der Waals surface area contributed by atoms with Crippen LogP contribution in [0, 0.1) is 0 Å². The van der Waals surface area contributed by atoms with Gasteiger partial charge < -0.3 is 10.1 Å². The highest BCUT2D eigenvalue weighted by atomic mass is 35.5. The number of rotatable bonds is 3. The Labute approximate surface area is 204 Å². The van der Waals surface area contributed by atoms with Crippen molar-refractivity contribution in [1.29, 1.82) is 0 Å². The number of amides is 1. The van der Waals surface area contributed by atoms with Crippen LogP contribution >= 0.6 is 11.6 Å². The summed E-state index contributed by atoms with van der Waals surface area (Å²) < 4.78 is 5.29. The molecule has 2 atom stereocenters. The second kappa shape index (κ2) is 8.99. The molecule has 34 heavy (non-hydrogen) atoms. The number of fused-ring (bicyclic) bond motifs is 1. The van der Waals surface area contributed by atoms with Crippen LogP contribution in [0.25, 0.3) is 0 Å². The lowest BCUT2D eigenvalue weighted by Crippen LogP contribution is -2.37. The summed E-state index contributed by atoms with van der Waals surface area (Å²) in [7, 11) is 1.64. The molecule has 0 fully saturated rings. The van der Waals surface area contributed by atoms with Gasteiger partial charge in [-0.1, -0.05) is 54.1 Å². The zero-order valence-electron chi connectivity index (χ0n) is 19.0. The van der Waals surface area contributed by atoms with Crippen LogP contribution in [0.4, 0.5) is 11.4 Å². The van der Waals surface area contributed by atoms with E-state index in [0.29, 0.717) is 23.4 Å². The molecule has 172 valence electrons. The lowest BCUT2D eigenvalue weighted by Gasteiger charge is -2.35. The number of ketones is 1. The summed E-state index contributed by atoms with van der Waals surface area (Å²) in [6, 6.07) is 22.3. The van der Waals surface area contributed by atoms with Gasteiger partial charge in [-0.2, -0.15) is 0 Å². The number of carbonyl (C=O) groups excluding carboxylic acids is 2. The minimum atomic E-state index is -0.610. The number of carbonyl (C=O) groups is 2. The van der Waals surface area contributed by atoms with Gasteiger partial charge in [-0.25, -0.2) is 0 Å². The molecule has 0 bridgehead atoms. The fourth-order valence-corrected chi connectivity index (χ4v) is 5.28. The van der Waals surface area contributed by atoms with Crippen molar-refractivity contribution < 1.29 is 14.3 Å². The van der Waals surface area contributed by atoms with Crippen LogP contribution in [-0.2, 0) is 9.59 Å². The number of allylic oxidation sites excluding steroid dienone is 1. The van der Waals surface area contributed by atoms with Crippen LogP contribution in [0.1, 0.15) is 42.9 Å². The average Bonchev–Trinajstić information content (AvgIpc) is 2.99. The van der Waals surface area contributed by atoms with Crippen molar-refractivity contribution in [2.75, 3.05) is 17.3 Å². The predicted octanol–water partition coefficient (Wildman–Crippen LogP) is 6.27. The number of nitrogens with zero attached hydrogens (tertiary/aromatic N) is 1. The first-order valence-corrected chi connectivity index (χ1v) is 11.7. The Balaban J connectivity index is 1.68. The number of hydrogen-bond donors (Lipinski definition) is 1. The first kappa shape index (κ1) is 22.2. The highest BCUT2D eigenvalue weighted by Crippen LogP contribution is 2.48. The Hall–Kier alpha value is -3.57. The van der Waals surface area contributed by atoms with Gasteiger partial charge in [0, 0.05) is 29.6 Å². The van der Waals surface area contributed by atoms with E-state index in [0.717, 1.165) is 33.9 Å². The first-order valence-electron chi connectivity index (χ1n) is 11.3. The minimum Gasteiger partial charge on any atom is -0.497 e. The molecule has 2 aliphatic rings. The molecule has 1 heterocycles. The first-order chi connectivity index (χ1) is 16.5. The van der Waals surface area contributed by atoms with Crippen LogP contribution < -0.4 is 15.0 Å². The molecule has 0 unspecified atom stereocenters. The molecule has 0 saturated carbocycles. The van der Waals surface area contributed by atoms with Crippen LogP contribution in [0.15, 0.2) is 84.1 Å². The average molecular weight is 473 g/mol. The molecule has 5 rings (SSSR count). The van der Waals surface area contributed by atoms with E-state index in [2.05, 4.69) is 5.32 Å². The van der Waals surface area contributed by atoms with Crippen LogP contribution in [0.2, 0.25) is 5.02 Å². The molecule has 0 spiro atoms. The van der Waals surface area contributed by atoms with Gasteiger partial charge in [0.1, 0.15) is 5.75 Å². The molecule has 3 aromatic carbocycles. The Morgan fingerprint density at radius 2 is 1.71 bits per heavy atom. The SMILES string of the molecule is COc1ccc([C@H]2CC(=O)C3=C(C2)Nc2ccccc2N(C(C)=O)[C@H]3c2ccccc2Cl)cc1. The maximum atomic E-state index is 13.8. The lowest BCUT2D eigenvalue weighted by atomic mass is 9.78. The smallest absolute Gasteiger partial charge is 0.224 e. The number of hydrogen-bond acceptors (Lipinski definition) is 4. The molecular weight excluding hydrogens is 448 g/mol. The van der Waals surface area contributed by atoms with Crippen molar-refractivity contribution >= 4 is 34.7 Å². The Bertz CT molecular complexity index is 1300. The zero-order valence-corrected chi connectivity index (χ0v) is 19.8. The molecule has 6 heteroatoms. The minimum absolute atomic E-state index is 0.0125. The maximum absolute atomic E-state index is 13.8. The van der Waals surface area contributed by atoms with Crippen LogP contribution in [0.5, 0.6) is 5.75 Å². The van der Waals surface area contributed by atoms with Crippen LogP contribution in [0.3, 0.4) is 0 Å². The van der Waals surface area contributed by atoms with E-state index < -0.39 is 6.04 Å². The molecule has 1 amide bonds. The third-order valence-corrected chi connectivity index (χ3v) is 6.96. The third-order valence-electron chi connectivity index (χ3n) is 6.61. The largest absolute Gasteiger partial charge is 0.497 e. The second-order valence-electron chi connectivity index (χ2n) is 8.65. The standard InChI is InChI=1S/C28H25ClN2O3/c1-17(32)31-25-10-6-5-9-23(25)30-24-15-19(18-11-13-20(34-2)14-12-18)16-26(33)27(24)28(31)21-7-3-4-8-22(21)29/h3-14,19,28,30H,15-16H2,1-2H3/t19-,28+/m1/s1. The normalized spacial score (nSPS) is 19.6. The number of Topliss-reactive ketones (excluding diaryl/α,β-unsaturated/α-hetero) is 1. The lowest BCUT2D eigenvalue weighted by molar-refractivity contribution is -0.117. The molecule has 5 nitrogen and oxygen atoms in total. The van der Waals surface area contributed by atoms with Gasteiger partial charge in [0.05, 0.1) is 24.5 Å². The molecule has 3 aromatic rings. The summed E-state index contributed by atoms with van der Waals surface area (Å²) in [5.41, 5.74) is 4.77. The van der Waals surface area contributed by atoms with Gasteiger partial charge >= 0.3 is 0 Å². The molecule has 0 aromatic heterocycles. The number of ether oxygens (including phenoxy) is 1. The highest BCUT2D eigenvalue weighted by molar-refractivity contribution is 6.31. The zero-order chi connectivity index (χ0) is 23.8. The summed E-state index contributed by atoms with van der Waals surface area (Å²) in [4.78, 5) is 28.5. The maximum Gasteiger partial charge on any atom is 0.224 e. The Kier molecular flexibility index (Phi) is 5.88. The number of halogens is 1. The van der Waals surface area contributed by atoms with E-state index in [1.165, 1.54) is 6.92 Å². The van der Waals surface area contributed by atoms with Gasteiger partial charge in [-0.3, -0.25) is 14.5 Å². The molecule has 1 aliphatic heterocycles. The van der Waals surface area contributed by atoms with E-state index in [9.17, 15) is 9.59 Å². The molecule has 1 N–H and O–H groups in total. The van der Waals surface area contributed by atoms with Crippen LogP contribution in [-0.4, -0.2) is 18.8 Å². The van der Waals surface area contributed by atoms with E-state index in [1.54, 1.807) is 18.1 Å². The van der Waals surface area contributed by atoms with Gasteiger partial charge in [-0.05, 0) is 53.8 Å². The van der Waals surface area contributed by atoms with Gasteiger partial charge in [-0.15, -0.1) is 0 Å². The number of anilines is 2.